The Morgan fingerprint density at radius 2 is 2.11 bits per heavy atom. The van der Waals surface area contributed by atoms with E-state index in [-0.39, 0.29) is 5.91 Å². The summed E-state index contributed by atoms with van der Waals surface area (Å²) in [4.78, 5) is 11.2. The third-order valence-electron chi connectivity index (χ3n) is 3.64. The number of amides is 1. The lowest BCUT2D eigenvalue weighted by Crippen LogP contribution is -2.57. The number of hydrogen-bond acceptors (Lipinski definition) is 2. The van der Waals surface area contributed by atoms with E-state index < -0.39 is 5.54 Å². The van der Waals surface area contributed by atoms with E-state index in [4.69, 9.17) is 5.73 Å². The van der Waals surface area contributed by atoms with Crippen molar-refractivity contribution in [2.75, 3.05) is 0 Å². The van der Waals surface area contributed by atoms with Crippen molar-refractivity contribution in [3.63, 3.8) is 0 Å². The average Bonchev–Trinajstić information content (AvgIpc) is 2.22. The molecule has 0 heterocycles. The standard InChI is InChI=1S/C14H19BrN2O/c1-14(2,13(16)18)17-12-7-10(8-12)9-4-3-5-11(15)6-9/h3-6,10,12,17H,7-8H2,1-2H3,(H2,16,18). The number of carbonyl (C=O) groups excluding carboxylic acids is 1. The monoisotopic (exact) mass is 310 g/mol. The van der Waals surface area contributed by atoms with Crippen molar-refractivity contribution in [2.45, 2.75) is 44.2 Å². The molecule has 1 aliphatic carbocycles. The normalized spacial score (nSPS) is 23.5. The minimum atomic E-state index is -0.618. The highest BCUT2D eigenvalue weighted by Gasteiger charge is 2.36. The summed E-state index contributed by atoms with van der Waals surface area (Å²) >= 11 is 3.49. The first-order valence-electron chi connectivity index (χ1n) is 6.21. The minimum Gasteiger partial charge on any atom is -0.368 e. The summed E-state index contributed by atoms with van der Waals surface area (Å²) in [6.07, 6.45) is 2.13. The predicted octanol–water partition coefficient (Wildman–Crippen LogP) is 2.55. The predicted molar refractivity (Wildman–Crippen MR) is 76.3 cm³/mol. The molecule has 0 radical (unpaired) electrons. The first kappa shape index (κ1) is 13.6. The molecule has 0 saturated heterocycles. The van der Waals surface area contributed by atoms with E-state index in [9.17, 15) is 4.79 Å². The van der Waals surface area contributed by atoms with E-state index in [1.54, 1.807) is 0 Å². The smallest absolute Gasteiger partial charge is 0.237 e. The Labute approximate surface area is 116 Å². The summed E-state index contributed by atoms with van der Waals surface area (Å²) in [5.41, 5.74) is 6.10. The first-order valence-corrected chi connectivity index (χ1v) is 7.01. The Bertz CT molecular complexity index is 453. The molecule has 3 nitrogen and oxygen atoms in total. The average molecular weight is 311 g/mol. The van der Waals surface area contributed by atoms with Crippen LogP contribution in [-0.4, -0.2) is 17.5 Å². The summed E-state index contributed by atoms with van der Waals surface area (Å²) in [7, 11) is 0. The Kier molecular flexibility index (Phi) is 3.78. The summed E-state index contributed by atoms with van der Waals surface area (Å²) < 4.78 is 1.12. The van der Waals surface area contributed by atoms with Crippen LogP contribution in [-0.2, 0) is 4.79 Å². The maximum atomic E-state index is 11.2. The summed E-state index contributed by atoms with van der Waals surface area (Å²) in [5, 5.41) is 3.32. The third-order valence-corrected chi connectivity index (χ3v) is 4.13. The number of halogens is 1. The largest absolute Gasteiger partial charge is 0.368 e. The second-order valence-corrected chi connectivity index (χ2v) is 6.47. The number of hydrogen-bond donors (Lipinski definition) is 2. The second kappa shape index (κ2) is 5.02. The summed E-state index contributed by atoms with van der Waals surface area (Å²) in [6, 6.07) is 8.81. The fourth-order valence-electron chi connectivity index (χ4n) is 2.35. The molecule has 0 spiro atoms. The van der Waals surface area contributed by atoms with E-state index in [0.29, 0.717) is 12.0 Å². The summed E-state index contributed by atoms with van der Waals surface area (Å²) in [5.74, 6) is 0.289. The molecule has 1 aliphatic rings. The minimum absolute atomic E-state index is 0.298. The quantitative estimate of drug-likeness (QED) is 0.898. The molecule has 3 N–H and O–H groups in total. The van der Waals surface area contributed by atoms with Crippen molar-refractivity contribution in [1.29, 1.82) is 0 Å². The Morgan fingerprint density at radius 3 is 2.67 bits per heavy atom. The number of benzene rings is 1. The number of carbonyl (C=O) groups is 1. The fraction of sp³-hybridized carbons (Fsp3) is 0.500. The molecular weight excluding hydrogens is 292 g/mol. The molecule has 1 amide bonds. The third kappa shape index (κ3) is 2.93. The number of primary amides is 1. The number of rotatable bonds is 4. The lowest BCUT2D eigenvalue weighted by Gasteiger charge is -2.40. The summed E-state index contributed by atoms with van der Waals surface area (Å²) in [6.45, 7) is 3.67. The Hall–Kier alpha value is -0.870. The van der Waals surface area contributed by atoms with E-state index in [2.05, 4.69) is 39.4 Å². The molecule has 1 fully saturated rings. The van der Waals surface area contributed by atoms with Gasteiger partial charge in [0.05, 0.1) is 5.54 Å². The van der Waals surface area contributed by atoms with Gasteiger partial charge < -0.3 is 11.1 Å². The van der Waals surface area contributed by atoms with Crippen molar-refractivity contribution in [3.05, 3.63) is 34.3 Å². The molecule has 1 saturated carbocycles. The Morgan fingerprint density at radius 1 is 1.44 bits per heavy atom. The van der Waals surface area contributed by atoms with Gasteiger partial charge in [-0.1, -0.05) is 28.1 Å². The zero-order valence-corrected chi connectivity index (χ0v) is 12.3. The van der Waals surface area contributed by atoms with Gasteiger partial charge >= 0.3 is 0 Å². The topological polar surface area (TPSA) is 55.1 Å². The van der Waals surface area contributed by atoms with E-state index in [1.165, 1.54) is 5.56 Å². The van der Waals surface area contributed by atoms with Gasteiger partial charge in [-0.25, -0.2) is 0 Å². The zero-order chi connectivity index (χ0) is 13.3. The van der Waals surface area contributed by atoms with E-state index in [1.807, 2.05) is 19.9 Å². The zero-order valence-electron chi connectivity index (χ0n) is 10.7. The van der Waals surface area contributed by atoms with Gasteiger partial charge in [0.2, 0.25) is 5.91 Å². The SMILES string of the molecule is CC(C)(NC1CC(c2cccc(Br)c2)C1)C(N)=O. The van der Waals surface area contributed by atoms with E-state index in [0.717, 1.165) is 17.3 Å². The number of nitrogens with two attached hydrogens (primary N) is 1. The van der Waals surface area contributed by atoms with Gasteiger partial charge in [-0.15, -0.1) is 0 Å². The van der Waals surface area contributed by atoms with Gasteiger partial charge in [-0.05, 0) is 50.3 Å². The van der Waals surface area contributed by atoms with Gasteiger partial charge in [0.1, 0.15) is 0 Å². The molecule has 1 aromatic rings. The highest BCUT2D eigenvalue weighted by molar-refractivity contribution is 9.10. The van der Waals surface area contributed by atoms with Crippen LogP contribution < -0.4 is 11.1 Å². The molecule has 98 valence electrons. The molecule has 0 atom stereocenters. The van der Waals surface area contributed by atoms with Crippen molar-refractivity contribution in [2.24, 2.45) is 5.73 Å². The van der Waals surface area contributed by atoms with Crippen molar-refractivity contribution in [1.82, 2.24) is 5.32 Å². The maximum absolute atomic E-state index is 11.2. The van der Waals surface area contributed by atoms with Crippen molar-refractivity contribution < 1.29 is 4.79 Å². The van der Waals surface area contributed by atoms with Gasteiger partial charge in [-0.2, -0.15) is 0 Å². The van der Waals surface area contributed by atoms with E-state index >= 15 is 0 Å². The van der Waals surface area contributed by atoms with Crippen LogP contribution in [0.25, 0.3) is 0 Å². The number of nitrogens with one attached hydrogen (secondary N) is 1. The maximum Gasteiger partial charge on any atom is 0.237 e. The molecule has 0 aliphatic heterocycles. The van der Waals surface area contributed by atoms with Crippen LogP contribution in [0.1, 0.15) is 38.2 Å². The molecule has 4 heteroatoms. The highest BCUT2D eigenvalue weighted by Crippen LogP contribution is 2.38. The van der Waals surface area contributed by atoms with Crippen LogP contribution in [0.15, 0.2) is 28.7 Å². The molecular formula is C14H19BrN2O. The fourth-order valence-corrected chi connectivity index (χ4v) is 2.77. The lowest BCUT2D eigenvalue weighted by atomic mass is 9.75. The van der Waals surface area contributed by atoms with Crippen LogP contribution in [0, 0.1) is 0 Å². The van der Waals surface area contributed by atoms with Gasteiger partial charge in [0, 0.05) is 10.5 Å². The van der Waals surface area contributed by atoms with Crippen LogP contribution in [0.4, 0.5) is 0 Å². The van der Waals surface area contributed by atoms with Crippen LogP contribution in [0.2, 0.25) is 0 Å². The lowest BCUT2D eigenvalue weighted by molar-refractivity contribution is -0.123. The molecule has 2 rings (SSSR count). The first-order chi connectivity index (χ1) is 8.38. The van der Waals surface area contributed by atoms with Crippen LogP contribution >= 0.6 is 15.9 Å². The Balaban J connectivity index is 1.90. The van der Waals surface area contributed by atoms with Crippen LogP contribution in [0.3, 0.4) is 0 Å². The molecule has 18 heavy (non-hydrogen) atoms. The van der Waals surface area contributed by atoms with Gasteiger partial charge in [0.15, 0.2) is 0 Å². The molecule has 0 aromatic heterocycles. The molecule has 0 bridgehead atoms. The highest BCUT2D eigenvalue weighted by atomic mass is 79.9. The van der Waals surface area contributed by atoms with Gasteiger partial charge in [0.25, 0.3) is 0 Å². The van der Waals surface area contributed by atoms with Gasteiger partial charge in [-0.3, -0.25) is 4.79 Å². The second-order valence-electron chi connectivity index (χ2n) is 5.55. The van der Waals surface area contributed by atoms with Crippen molar-refractivity contribution >= 4 is 21.8 Å². The molecule has 0 unspecified atom stereocenters. The molecule has 1 aromatic carbocycles. The van der Waals surface area contributed by atoms with Crippen molar-refractivity contribution in [3.8, 4) is 0 Å². The van der Waals surface area contributed by atoms with Crippen LogP contribution in [0.5, 0.6) is 0 Å².